The number of carbonyl (C=O) groups is 1. The predicted molar refractivity (Wildman–Crippen MR) is 87.3 cm³/mol. The van der Waals surface area contributed by atoms with E-state index < -0.39 is 0 Å². The minimum atomic E-state index is -0.225. The van der Waals surface area contributed by atoms with Gasteiger partial charge in [0.05, 0.1) is 19.9 Å². The molecule has 1 amide bonds. The number of rotatable bonds is 4. The van der Waals surface area contributed by atoms with Crippen LogP contribution in [0.1, 0.15) is 12.8 Å². The van der Waals surface area contributed by atoms with E-state index in [0.717, 1.165) is 43.1 Å². The van der Waals surface area contributed by atoms with Crippen LogP contribution in [0, 0.1) is 0 Å². The number of nitrogens with zero attached hydrogens (tertiary/aromatic N) is 2. The van der Waals surface area contributed by atoms with Gasteiger partial charge in [-0.1, -0.05) is 0 Å². The van der Waals surface area contributed by atoms with Crippen LogP contribution in [0.5, 0.6) is 11.5 Å². The summed E-state index contributed by atoms with van der Waals surface area (Å²) in [6.07, 6.45) is 1.61. The minimum Gasteiger partial charge on any atom is -0.497 e. The van der Waals surface area contributed by atoms with E-state index in [4.69, 9.17) is 14.2 Å². The molecule has 0 aromatic heterocycles. The fourth-order valence-corrected chi connectivity index (χ4v) is 3.19. The Bertz CT molecular complexity index is 550. The zero-order valence-electron chi connectivity index (χ0n) is 13.8. The first-order chi connectivity index (χ1) is 11.2. The molecule has 2 fully saturated rings. The lowest BCUT2D eigenvalue weighted by Gasteiger charge is -2.37. The van der Waals surface area contributed by atoms with Gasteiger partial charge in [-0.15, -0.1) is 0 Å². The molecule has 1 unspecified atom stereocenters. The Balaban J connectivity index is 1.63. The van der Waals surface area contributed by atoms with Crippen LogP contribution in [-0.4, -0.2) is 63.9 Å². The molecular weight excluding hydrogens is 296 g/mol. The lowest BCUT2D eigenvalue weighted by Crippen LogP contribution is -2.51. The monoisotopic (exact) mass is 320 g/mol. The molecule has 1 aromatic carbocycles. The number of benzene rings is 1. The highest BCUT2D eigenvalue weighted by Crippen LogP contribution is 2.32. The van der Waals surface area contributed by atoms with Gasteiger partial charge in [0.1, 0.15) is 17.6 Å². The van der Waals surface area contributed by atoms with Crippen molar-refractivity contribution in [2.75, 3.05) is 51.9 Å². The number of methoxy groups -OCH3 is 2. The minimum absolute atomic E-state index is 0.142. The molecule has 1 atom stereocenters. The summed E-state index contributed by atoms with van der Waals surface area (Å²) < 4.78 is 16.2. The van der Waals surface area contributed by atoms with Crippen molar-refractivity contribution in [3.63, 3.8) is 0 Å². The molecule has 6 nitrogen and oxygen atoms in total. The number of ether oxygens (including phenoxy) is 3. The van der Waals surface area contributed by atoms with E-state index in [1.54, 1.807) is 14.2 Å². The molecule has 2 aliphatic rings. The second-order valence-corrected chi connectivity index (χ2v) is 5.85. The Kier molecular flexibility index (Phi) is 4.91. The molecule has 1 aromatic rings. The zero-order valence-corrected chi connectivity index (χ0v) is 13.8. The van der Waals surface area contributed by atoms with Crippen molar-refractivity contribution in [3.8, 4) is 11.5 Å². The molecule has 126 valence electrons. The smallest absolute Gasteiger partial charge is 0.251 e. The van der Waals surface area contributed by atoms with Gasteiger partial charge in [-0.05, 0) is 25.0 Å². The quantitative estimate of drug-likeness (QED) is 0.842. The number of hydrogen-bond acceptors (Lipinski definition) is 5. The molecule has 0 bridgehead atoms. The normalized spacial score (nSPS) is 21.4. The van der Waals surface area contributed by atoms with E-state index in [1.165, 1.54) is 0 Å². The van der Waals surface area contributed by atoms with Crippen LogP contribution >= 0.6 is 0 Å². The third-order valence-electron chi connectivity index (χ3n) is 4.52. The highest BCUT2D eigenvalue weighted by molar-refractivity contribution is 5.81. The summed E-state index contributed by atoms with van der Waals surface area (Å²) in [6, 6.07) is 5.83. The van der Waals surface area contributed by atoms with Gasteiger partial charge in [0.2, 0.25) is 0 Å². The molecular formula is C17H24N2O4. The fourth-order valence-electron chi connectivity index (χ4n) is 3.19. The molecule has 23 heavy (non-hydrogen) atoms. The number of piperazine rings is 1. The third-order valence-corrected chi connectivity index (χ3v) is 4.52. The van der Waals surface area contributed by atoms with Crippen LogP contribution in [-0.2, 0) is 9.53 Å². The Hall–Kier alpha value is -1.95. The van der Waals surface area contributed by atoms with Gasteiger partial charge in [-0.25, -0.2) is 0 Å². The summed E-state index contributed by atoms with van der Waals surface area (Å²) in [7, 11) is 3.30. The van der Waals surface area contributed by atoms with Crippen molar-refractivity contribution in [2.45, 2.75) is 18.9 Å². The average molecular weight is 320 g/mol. The number of amides is 1. The standard InChI is InChI=1S/C17H24N2O4/c1-21-13-5-6-14(16(12-13)22-2)18-7-9-19(10-8-18)17(20)15-4-3-11-23-15/h5-6,12,15H,3-4,7-11H2,1-2H3. The highest BCUT2D eigenvalue weighted by Gasteiger charge is 2.30. The summed E-state index contributed by atoms with van der Waals surface area (Å²) >= 11 is 0. The Morgan fingerprint density at radius 2 is 1.96 bits per heavy atom. The average Bonchev–Trinajstić information content (AvgIpc) is 3.15. The lowest BCUT2D eigenvalue weighted by atomic mass is 10.2. The largest absolute Gasteiger partial charge is 0.497 e. The van der Waals surface area contributed by atoms with E-state index in [2.05, 4.69) is 4.90 Å². The molecule has 6 heteroatoms. The van der Waals surface area contributed by atoms with Crippen LogP contribution in [0.4, 0.5) is 5.69 Å². The lowest BCUT2D eigenvalue weighted by molar-refractivity contribution is -0.141. The maximum atomic E-state index is 12.4. The molecule has 0 radical (unpaired) electrons. The SMILES string of the molecule is COc1ccc(N2CCN(C(=O)C3CCCO3)CC2)c(OC)c1. The Morgan fingerprint density at radius 1 is 1.17 bits per heavy atom. The molecule has 2 aliphatic heterocycles. The molecule has 0 N–H and O–H groups in total. The maximum absolute atomic E-state index is 12.4. The second kappa shape index (κ2) is 7.08. The van der Waals surface area contributed by atoms with Crippen molar-refractivity contribution < 1.29 is 19.0 Å². The van der Waals surface area contributed by atoms with Crippen LogP contribution < -0.4 is 14.4 Å². The summed E-state index contributed by atoms with van der Waals surface area (Å²) in [6.45, 7) is 3.73. The number of anilines is 1. The molecule has 0 saturated carbocycles. The van der Waals surface area contributed by atoms with Crippen LogP contribution in [0.3, 0.4) is 0 Å². The van der Waals surface area contributed by atoms with E-state index in [9.17, 15) is 4.79 Å². The molecule has 2 saturated heterocycles. The van der Waals surface area contributed by atoms with Crippen molar-refractivity contribution in [3.05, 3.63) is 18.2 Å². The highest BCUT2D eigenvalue weighted by atomic mass is 16.5. The van der Waals surface area contributed by atoms with Crippen LogP contribution in [0.25, 0.3) is 0 Å². The zero-order chi connectivity index (χ0) is 16.2. The van der Waals surface area contributed by atoms with Gasteiger partial charge in [-0.3, -0.25) is 4.79 Å². The van der Waals surface area contributed by atoms with Crippen molar-refractivity contribution in [2.24, 2.45) is 0 Å². The van der Waals surface area contributed by atoms with Crippen molar-refractivity contribution >= 4 is 11.6 Å². The first-order valence-electron chi connectivity index (χ1n) is 8.10. The first kappa shape index (κ1) is 15.9. The Morgan fingerprint density at radius 3 is 2.57 bits per heavy atom. The van der Waals surface area contributed by atoms with Gasteiger partial charge in [-0.2, -0.15) is 0 Å². The van der Waals surface area contributed by atoms with Crippen LogP contribution in [0.2, 0.25) is 0 Å². The predicted octanol–water partition coefficient (Wildman–Crippen LogP) is 1.53. The molecule has 0 spiro atoms. The maximum Gasteiger partial charge on any atom is 0.251 e. The summed E-state index contributed by atoms with van der Waals surface area (Å²) in [4.78, 5) is 16.6. The fraction of sp³-hybridized carbons (Fsp3) is 0.588. The van der Waals surface area contributed by atoms with Crippen LogP contribution in [0.15, 0.2) is 18.2 Å². The van der Waals surface area contributed by atoms with Gasteiger partial charge in [0, 0.05) is 38.9 Å². The topological polar surface area (TPSA) is 51.2 Å². The van der Waals surface area contributed by atoms with Gasteiger partial charge in [0.25, 0.3) is 5.91 Å². The Labute approximate surface area is 136 Å². The van der Waals surface area contributed by atoms with Gasteiger partial charge in [0.15, 0.2) is 0 Å². The summed E-state index contributed by atoms with van der Waals surface area (Å²) in [5.41, 5.74) is 1.04. The van der Waals surface area contributed by atoms with E-state index in [0.29, 0.717) is 19.7 Å². The summed E-state index contributed by atoms with van der Waals surface area (Å²) in [5, 5.41) is 0. The van der Waals surface area contributed by atoms with Crippen molar-refractivity contribution in [1.29, 1.82) is 0 Å². The van der Waals surface area contributed by atoms with E-state index in [-0.39, 0.29) is 12.0 Å². The molecule has 2 heterocycles. The van der Waals surface area contributed by atoms with E-state index >= 15 is 0 Å². The van der Waals surface area contributed by atoms with Gasteiger partial charge < -0.3 is 24.0 Å². The second-order valence-electron chi connectivity index (χ2n) is 5.85. The number of hydrogen-bond donors (Lipinski definition) is 0. The number of carbonyl (C=O) groups excluding carboxylic acids is 1. The first-order valence-corrected chi connectivity index (χ1v) is 8.10. The van der Waals surface area contributed by atoms with Gasteiger partial charge >= 0.3 is 0 Å². The van der Waals surface area contributed by atoms with Crippen molar-refractivity contribution in [1.82, 2.24) is 4.90 Å². The molecule has 0 aliphatic carbocycles. The third kappa shape index (κ3) is 3.37. The summed E-state index contributed by atoms with van der Waals surface area (Å²) in [5.74, 6) is 1.71. The molecule has 3 rings (SSSR count). The van der Waals surface area contributed by atoms with E-state index in [1.807, 2.05) is 23.1 Å².